The minimum absolute atomic E-state index is 0.603. The van der Waals surface area contributed by atoms with Crippen molar-refractivity contribution >= 4 is 22.6 Å². The number of methoxy groups -OCH3 is 2. The van der Waals surface area contributed by atoms with E-state index in [-0.39, 0.29) is 0 Å². The average molecular weight is 342 g/mol. The molecule has 0 atom stereocenters. The van der Waals surface area contributed by atoms with Gasteiger partial charge in [0.05, 0.1) is 19.9 Å². The Morgan fingerprint density at radius 1 is 1.18 bits per heavy atom. The number of nitrogens with zero attached hydrogens (tertiary/aromatic N) is 2. The van der Waals surface area contributed by atoms with Gasteiger partial charge in [0.1, 0.15) is 9.39 Å². The molecule has 0 unspecified atom stereocenters. The molecular weight excluding hydrogens is 331 g/mol. The minimum atomic E-state index is 0.603. The van der Waals surface area contributed by atoms with E-state index < -0.39 is 0 Å². The maximum Gasteiger partial charge on any atom is 0.188 e. The van der Waals surface area contributed by atoms with E-state index in [1.165, 1.54) is 0 Å². The summed E-state index contributed by atoms with van der Waals surface area (Å²) in [6.07, 6.45) is 1.72. The summed E-state index contributed by atoms with van der Waals surface area (Å²) in [7, 11) is 3.20. The SMILES string of the molecule is COc1cc(I)nc(-c2ccccn2)c1OC. The van der Waals surface area contributed by atoms with Gasteiger partial charge < -0.3 is 9.47 Å². The molecule has 0 amide bonds. The van der Waals surface area contributed by atoms with E-state index in [2.05, 4.69) is 32.6 Å². The van der Waals surface area contributed by atoms with Gasteiger partial charge in [0.2, 0.25) is 0 Å². The molecule has 5 heteroatoms. The maximum absolute atomic E-state index is 5.35. The predicted octanol–water partition coefficient (Wildman–Crippen LogP) is 2.77. The second-order valence-corrected chi connectivity index (χ2v) is 4.35. The third-order valence-corrected chi connectivity index (χ3v) is 2.79. The van der Waals surface area contributed by atoms with Crippen LogP contribution in [0.4, 0.5) is 0 Å². The molecule has 0 saturated carbocycles. The Hall–Kier alpha value is -1.37. The molecule has 2 aromatic heterocycles. The lowest BCUT2D eigenvalue weighted by atomic mass is 10.2. The quantitative estimate of drug-likeness (QED) is 0.636. The fourth-order valence-corrected chi connectivity index (χ4v) is 2.03. The van der Waals surface area contributed by atoms with Gasteiger partial charge in [-0.1, -0.05) is 6.07 Å². The van der Waals surface area contributed by atoms with E-state index in [9.17, 15) is 0 Å². The van der Waals surface area contributed by atoms with Gasteiger partial charge in [0.15, 0.2) is 11.5 Å². The van der Waals surface area contributed by atoms with E-state index in [1.54, 1.807) is 20.4 Å². The molecule has 4 nitrogen and oxygen atoms in total. The van der Waals surface area contributed by atoms with Crippen molar-refractivity contribution in [2.45, 2.75) is 0 Å². The van der Waals surface area contributed by atoms with Crippen LogP contribution in [-0.4, -0.2) is 24.2 Å². The van der Waals surface area contributed by atoms with Crippen molar-refractivity contribution in [1.82, 2.24) is 9.97 Å². The number of ether oxygens (including phenoxy) is 2. The van der Waals surface area contributed by atoms with Gasteiger partial charge in [-0.25, -0.2) is 4.98 Å². The van der Waals surface area contributed by atoms with Crippen LogP contribution in [-0.2, 0) is 0 Å². The summed E-state index contributed by atoms with van der Waals surface area (Å²) >= 11 is 2.14. The van der Waals surface area contributed by atoms with Gasteiger partial charge in [0.25, 0.3) is 0 Å². The highest BCUT2D eigenvalue weighted by Crippen LogP contribution is 2.36. The average Bonchev–Trinajstić information content (AvgIpc) is 2.38. The van der Waals surface area contributed by atoms with Crippen LogP contribution in [0.3, 0.4) is 0 Å². The first-order chi connectivity index (χ1) is 8.26. The van der Waals surface area contributed by atoms with Gasteiger partial charge in [-0.3, -0.25) is 4.98 Å². The monoisotopic (exact) mass is 342 g/mol. The minimum Gasteiger partial charge on any atom is -0.493 e. The summed E-state index contributed by atoms with van der Waals surface area (Å²) in [5, 5.41) is 0. The summed E-state index contributed by atoms with van der Waals surface area (Å²) in [6.45, 7) is 0. The van der Waals surface area contributed by atoms with Crippen LogP contribution in [0.15, 0.2) is 30.5 Å². The van der Waals surface area contributed by atoms with Crippen molar-refractivity contribution in [3.8, 4) is 22.9 Å². The molecule has 0 fully saturated rings. The zero-order valence-corrected chi connectivity index (χ0v) is 11.6. The van der Waals surface area contributed by atoms with Crippen molar-refractivity contribution in [2.24, 2.45) is 0 Å². The Labute approximate surface area is 113 Å². The van der Waals surface area contributed by atoms with Crippen molar-refractivity contribution < 1.29 is 9.47 Å². The molecule has 0 aromatic carbocycles. The number of hydrogen-bond acceptors (Lipinski definition) is 4. The van der Waals surface area contributed by atoms with Gasteiger partial charge in [0, 0.05) is 12.3 Å². The van der Waals surface area contributed by atoms with Gasteiger partial charge >= 0.3 is 0 Å². The van der Waals surface area contributed by atoms with E-state index in [0.29, 0.717) is 17.2 Å². The van der Waals surface area contributed by atoms with Crippen molar-refractivity contribution in [1.29, 1.82) is 0 Å². The number of halogens is 1. The molecule has 0 bridgehead atoms. The molecule has 2 rings (SSSR count). The Kier molecular flexibility index (Phi) is 3.78. The van der Waals surface area contributed by atoms with Crippen LogP contribution in [0.1, 0.15) is 0 Å². The Balaban J connectivity index is 2.64. The smallest absolute Gasteiger partial charge is 0.188 e. The number of rotatable bonds is 3. The van der Waals surface area contributed by atoms with Crippen LogP contribution >= 0.6 is 22.6 Å². The number of hydrogen-bond donors (Lipinski definition) is 0. The highest BCUT2D eigenvalue weighted by molar-refractivity contribution is 14.1. The van der Waals surface area contributed by atoms with E-state index in [0.717, 1.165) is 9.39 Å². The molecule has 0 N–H and O–H groups in total. The standard InChI is InChI=1S/C12H11IN2O2/c1-16-9-7-10(13)15-11(12(9)17-2)8-5-3-4-6-14-8/h3-7H,1-2H3. The maximum atomic E-state index is 5.35. The zero-order valence-electron chi connectivity index (χ0n) is 9.48. The summed E-state index contributed by atoms with van der Waals surface area (Å²) in [5.74, 6) is 1.26. The summed E-state index contributed by atoms with van der Waals surface area (Å²) in [5.41, 5.74) is 1.46. The van der Waals surface area contributed by atoms with Gasteiger partial charge in [-0.2, -0.15) is 0 Å². The lowest BCUT2D eigenvalue weighted by molar-refractivity contribution is 0.354. The fourth-order valence-electron chi connectivity index (χ4n) is 1.51. The van der Waals surface area contributed by atoms with Crippen LogP contribution in [0.5, 0.6) is 11.5 Å². The molecule has 0 radical (unpaired) electrons. The van der Waals surface area contributed by atoms with Crippen molar-refractivity contribution in [3.63, 3.8) is 0 Å². The van der Waals surface area contributed by atoms with E-state index >= 15 is 0 Å². The molecule has 17 heavy (non-hydrogen) atoms. The summed E-state index contributed by atoms with van der Waals surface area (Å²) < 4.78 is 11.5. The molecule has 0 saturated heterocycles. The molecule has 2 aromatic rings. The lowest BCUT2D eigenvalue weighted by Gasteiger charge is -2.11. The number of aromatic nitrogens is 2. The molecule has 0 aliphatic carbocycles. The molecule has 0 spiro atoms. The van der Waals surface area contributed by atoms with Crippen LogP contribution in [0.25, 0.3) is 11.4 Å². The molecule has 2 heterocycles. The summed E-state index contributed by atoms with van der Waals surface area (Å²) in [6, 6.07) is 7.49. The van der Waals surface area contributed by atoms with Crippen LogP contribution < -0.4 is 9.47 Å². The van der Waals surface area contributed by atoms with Gasteiger partial charge in [-0.05, 0) is 34.7 Å². The third kappa shape index (κ3) is 2.49. The molecule has 88 valence electrons. The topological polar surface area (TPSA) is 44.2 Å². The van der Waals surface area contributed by atoms with Crippen LogP contribution in [0, 0.1) is 3.70 Å². The Morgan fingerprint density at radius 3 is 2.59 bits per heavy atom. The van der Waals surface area contributed by atoms with Crippen molar-refractivity contribution in [3.05, 3.63) is 34.2 Å². The second kappa shape index (κ2) is 5.31. The third-order valence-electron chi connectivity index (χ3n) is 2.24. The zero-order chi connectivity index (χ0) is 12.3. The van der Waals surface area contributed by atoms with Crippen molar-refractivity contribution in [2.75, 3.05) is 14.2 Å². The Morgan fingerprint density at radius 2 is 2.00 bits per heavy atom. The molecule has 0 aliphatic heterocycles. The normalized spacial score (nSPS) is 10.1. The fraction of sp³-hybridized carbons (Fsp3) is 0.167. The van der Waals surface area contributed by atoms with E-state index in [4.69, 9.17) is 9.47 Å². The lowest BCUT2D eigenvalue weighted by Crippen LogP contribution is -1.98. The van der Waals surface area contributed by atoms with Gasteiger partial charge in [-0.15, -0.1) is 0 Å². The number of pyridine rings is 2. The first kappa shape index (κ1) is 12.1. The second-order valence-electron chi connectivity index (χ2n) is 3.24. The highest BCUT2D eigenvalue weighted by Gasteiger charge is 2.15. The Bertz CT molecular complexity index is 517. The first-order valence-corrected chi connectivity index (χ1v) is 6.04. The first-order valence-electron chi connectivity index (χ1n) is 4.96. The highest BCUT2D eigenvalue weighted by atomic mass is 127. The molecular formula is C12H11IN2O2. The largest absolute Gasteiger partial charge is 0.493 e. The van der Waals surface area contributed by atoms with E-state index in [1.807, 2.05) is 24.3 Å². The molecule has 0 aliphatic rings. The summed E-state index contributed by atoms with van der Waals surface area (Å²) in [4.78, 5) is 8.71. The predicted molar refractivity (Wildman–Crippen MR) is 73.3 cm³/mol. The van der Waals surface area contributed by atoms with Crippen LogP contribution in [0.2, 0.25) is 0 Å².